The molecule has 2 heterocycles. The number of nitrogens with one attached hydrogen (secondary N) is 1. The first-order valence-electron chi connectivity index (χ1n) is 7.99. The summed E-state index contributed by atoms with van der Waals surface area (Å²) in [4.78, 5) is 7.06. The number of H-pyrrole nitrogens is 1. The standard InChI is InChI=1S/C15H27N5/c1-15(2)8-4-3-5-12(15)13-17-14(19-18-13)20-9-6-11(16)7-10-20/h11-12H,3-10,16H2,1-2H3,(H,17,18,19). The Morgan fingerprint density at radius 1 is 1.20 bits per heavy atom. The van der Waals surface area contributed by atoms with Gasteiger partial charge in [-0.1, -0.05) is 26.7 Å². The second-order valence-corrected chi connectivity index (χ2v) is 7.13. The van der Waals surface area contributed by atoms with Crippen molar-refractivity contribution >= 4 is 5.95 Å². The Morgan fingerprint density at radius 2 is 1.95 bits per heavy atom. The van der Waals surface area contributed by atoms with Crippen LogP contribution in [0.25, 0.3) is 0 Å². The molecule has 1 unspecified atom stereocenters. The maximum Gasteiger partial charge on any atom is 0.244 e. The lowest BCUT2D eigenvalue weighted by molar-refractivity contribution is 0.192. The van der Waals surface area contributed by atoms with Crippen molar-refractivity contribution in [2.75, 3.05) is 18.0 Å². The van der Waals surface area contributed by atoms with Crippen molar-refractivity contribution in [3.05, 3.63) is 5.82 Å². The fraction of sp³-hybridized carbons (Fsp3) is 0.867. The van der Waals surface area contributed by atoms with Crippen LogP contribution < -0.4 is 10.6 Å². The van der Waals surface area contributed by atoms with Crippen molar-refractivity contribution in [3.8, 4) is 0 Å². The summed E-state index contributed by atoms with van der Waals surface area (Å²) < 4.78 is 0. The van der Waals surface area contributed by atoms with E-state index in [-0.39, 0.29) is 0 Å². The number of piperidine rings is 1. The first-order valence-corrected chi connectivity index (χ1v) is 7.99. The van der Waals surface area contributed by atoms with E-state index in [4.69, 9.17) is 10.7 Å². The van der Waals surface area contributed by atoms with Crippen LogP contribution in [-0.2, 0) is 0 Å². The van der Waals surface area contributed by atoms with Crippen molar-refractivity contribution in [2.45, 2.75) is 64.3 Å². The van der Waals surface area contributed by atoms with Crippen LogP contribution in [0.2, 0.25) is 0 Å². The van der Waals surface area contributed by atoms with Gasteiger partial charge in [0, 0.05) is 25.0 Å². The molecule has 0 aromatic carbocycles. The third-order valence-electron chi connectivity index (χ3n) is 5.15. The number of hydrogen-bond donors (Lipinski definition) is 2. The number of nitrogens with two attached hydrogens (primary N) is 1. The van der Waals surface area contributed by atoms with Gasteiger partial charge >= 0.3 is 0 Å². The van der Waals surface area contributed by atoms with E-state index in [0.29, 0.717) is 17.4 Å². The Labute approximate surface area is 121 Å². The molecule has 1 aromatic rings. The van der Waals surface area contributed by atoms with E-state index in [1.54, 1.807) is 0 Å². The fourth-order valence-corrected chi connectivity index (χ4v) is 3.66. The van der Waals surface area contributed by atoms with Crippen LogP contribution in [0.3, 0.4) is 0 Å². The highest BCUT2D eigenvalue weighted by Gasteiger charge is 2.35. The van der Waals surface area contributed by atoms with E-state index in [2.05, 4.69) is 28.9 Å². The number of anilines is 1. The van der Waals surface area contributed by atoms with Gasteiger partial charge in [-0.25, -0.2) is 0 Å². The molecule has 112 valence electrons. The third-order valence-corrected chi connectivity index (χ3v) is 5.15. The maximum absolute atomic E-state index is 5.96. The smallest absolute Gasteiger partial charge is 0.244 e. The second kappa shape index (κ2) is 5.35. The summed E-state index contributed by atoms with van der Waals surface area (Å²) in [7, 11) is 0. The summed E-state index contributed by atoms with van der Waals surface area (Å²) in [5, 5.41) is 7.66. The van der Waals surface area contributed by atoms with Crippen LogP contribution in [0.15, 0.2) is 0 Å². The fourth-order valence-electron chi connectivity index (χ4n) is 3.66. The lowest BCUT2D eigenvalue weighted by Crippen LogP contribution is -2.40. The van der Waals surface area contributed by atoms with Crippen LogP contribution in [0.1, 0.15) is 64.1 Å². The lowest BCUT2D eigenvalue weighted by Gasteiger charge is -2.37. The zero-order valence-corrected chi connectivity index (χ0v) is 12.7. The molecule has 1 aromatic heterocycles. The van der Waals surface area contributed by atoms with E-state index < -0.39 is 0 Å². The summed E-state index contributed by atoms with van der Waals surface area (Å²) in [5.74, 6) is 2.47. The molecule has 2 aliphatic rings. The molecule has 5 heteroatoms. The summed E-state index contributed by atoms with van der Waals surface area (Å²) in [5.41, 5.74) is 6.29. The Hall–Kier alpha value is -1.10. The van der Waals surface area contributed by atoms with Gasteiger partial charge in [-0.15, -0.1) is 5.10 Å². The quantitative estimate of drug-likeness (QED) is 0.871. The number of nitrogens with zero attached hydrogens (tertiary/aromatic N) is 3. The summed E-state index contributed by atoms with van der Waals surface area (Å²) in [6.07, 6.45) is 7.24. The first kappa shape index (κ1) is 13.9. The largest absolute Gasteiger partial charge is 0.339 e. The topological polar surface area (TPSA) is 70.8 Å². The van der Waals surface area contributed by atoms with Crippen LogP contribution in [0.5, 0.6) is 0 Å². The van der Waals surface area contributed by atoms with Gasteiger partial charge < -0.3 is 10.6 Å². The second-order valence-electron chi connectivity index (χ2n) is 7.13. The van der Waals surface area contributed by atoms with Gasteiger partial charge in [0.2, 0.25) is 5.95 Å². The van der Waals surface area contributed by atoms with Crippen molar-refractivity contribution in [3.63, 3.8) is 0 Å². The van der Waals surface area contributed by atoms with Gasteiger partial charge in [-0.3, -0.25) is 5.10 Å². The summed E-state index contributed by atoms with van der Waals surface area (Å²) in [6, 6.07) is 0.349. The minimum absolute atomic E-state index is 0.333. The van der Waals surface area contributed by atoms with E-state index in [1.165, 1.54) is 25.7 Å². The van der Waals surface area contributed by atoms with E-state index in [1.807, 2.05) is 0 Å². The Bertz CT molecular complexity index is 445. The molecule has 5 nitrogen and oxygen atoms in total. The van der Waals surface area contributed by atoms with Gasteiger partial charge in [0.15, 0.2) is 0 Å². The minimum atomic E-state index is 0.333. The molecule has 1 atom stereocenters. The number of aromatic amines is 1. The molecule has 1 aliphatic carbocycles. The summed E-state index contributed by atoms with van der Waals surface area (Å²) in [6.45, 7) is 6.68. The molecule has 1 saturated heterocycles. The van der Waals surface area contributed by atoms with E-state index in [0.717, 1.165) is 37.7 Å². The molecule has 0 bridgehead atoms. The predicted molar refractivity (Wildman–Crippen MR) is 80.8 cm³/mol. The SMILES string of the molecule is CC1(C)CCCCC1c1nc(N2CCC(N)CC2)n[nH]1. The zero-order chi connectivity index (χ0) is 14.2. The first-order chi connectivity index (χ1) is 9.56. The Kier molecular flexibility index (Phi) is 3.71. The van der Waals surface area contributed by atoms with Gasteiger partial charge in [-0.05, 0) is 31.1 Å². The zero-order valence-electron chi connectivity index (χ0n) is 12.7. The highest BCUT2D eigenvalue weighted by Crippen LogP contribution is 2.45. The third kappa shape index (κ3) is 2.68. The normalized spacial score (nSPS) is 27.8. The molecule has 0 radical (unpaired) electrons. The van der Waals surface area contributed by atoms with Crippen LogP contribution >= 0.6 is 0 Å². The Balaban J connectivity index is 1.73. The van der Waals surface area contributed by atoms with Crippen molar-refractivity contribution in [1.29, 1.82) is 0 Å². The molecule has 1 aliphatic heterocycles. The van der Waals surface area contributed by atoms with Crippen LogP contribution in [-0.4, -0.2) is 34.3 Å². The Morgan fingerprint density at radius 3 is 2.65 bits per heavy atom. The van der Waals surface area contributed by atoms with Crippen molar-refractivity contribution in [1.82, 2.24) is 15.2 Å². The van der Waals surface area contributed by atoms with Gasteiger partial charge in [-0.2, -0.15) is 4.98 Å². The molecule has 0 amide bonds. The number of aromatic nitrogens is 3. The molecule has 1 saturated carbocycles. The molecule has 2 fully saturated rings. The van der Waals surface area contributed by atoms with Crippen LogP contribution in [0.4, 0.5) is 5.95 Å². The lowest BCUT2D eigenvalue weighted by atomic mass is 9.68. The number of hydrogen-bond acceptors (Lipinski definition) is 4. The predicted octanol–water partition coefficient (Wildman–Crippen LogP) is 2.42. The van der Waals surface area contributed by atoms with Gasteiger partial charge in [0.25, 0.3) is 0 Å². The molecule has 3 N–H and O–H groups in total. The molecule has 0 spiro atoms. The van der Waals surface area contributed by atoms with E-state index in [9.17, 15) is 0 Å². The highest BCUT2D eigenvalue weighted by atomic mass is 15.4. The van der Waals surface area contributed by atoms with Gasteiger partial charge in [0.1, 0.15) is 5.82 Å². The molecular formula is C15H27N5. The molecular weight excluding hydrogens is 250 g/mol. The van der Waals surface area contributed by atoms with Gasteiger partial charge in [0.05, 0.1) is 0 Å². The van der Waals surface area contributed by atoms with Crippen LogP contribution in [0, 0.1) is 5.41 Å². The minimum Gasteiger partial charge on any atom is -0.339 e. The maximum atomic E-state index is 5.96. The summed E-state index contributed by atoms with van der Waals surface area (Å²) >= 11 is 0. The highest BCUT2D eigenvalue weighted by molar-refractivity contribution is 5.30. The number of rotatable bonds is 2. The molecule has 20 heavy (non-hydrogen) atoms. The van der Waals surface area contributed by atoms with Crippen molar-refractivity contribution < 1.29 is 0 Å². The molecule has 3 rings (SSSR count). The average Bonchev–Trinajstić information content (AvgIpc) is 2.88. The monoisotopic (exact) mass is 277 g/mol. The van der Waals surface area contributed by atoms with Crippen molar-refractivity contribution in [2.24, 2.45) is 11.1 Å². The average molecular weight is 277 g/mol. The van der Waals surface area contributed by atoms with E-state index >= 15 is 0 Å².